The van der Waals surface area contributed by atoms with Gasteiger partial charge in [-0.2, -0.15) is 5.10 Å². The highest BCUT2D eigenvalue weighted by Gasteiger charge is 1.97. The number of nitrogens with one attached hydrogen (secondary N) is 1. The molecule has 2 rings (SSSR count). The molecule has 0 aliphatic heterocycles. The van der Waals surface area contributed by atoms with Crippen LogP contribution in [0.5, 0.6) is 5.75 Å². The fraction of sp³-hybridized carbons (Fsp3) is 0.0909. The van der Waals surface area contributed by atoms with E-state index >= 15 is 0 Å². The van der Waals surface area contributed by atoms with Gasteiger partial charge in [-0.3, -0.25) is 5.43 Å². The average Bonchev–Trinajstić information content (AvgIpc) is 2.83. The van der Waals surface area contributed by atoms with Gasteiger partial charge in [0.2, 0.25) is 5.13 Å². The van der Waals surface area contributed by atoms with Crippen molar-refractivity contribution >= 4 is 22.7 Å². The lowest BCUT2D eigenvalue weighted by molar-refractivity contribution is 0.414. The van der Waals surface area contributed by atoms with Crippen LogP contribution in [0.4, 0.5) is 5.13 Å². The number of hydrogen-bond donors (Lipinski definition) is 1. The first-order chi connectivity index (χ1) is 7.90. The van der Waals surface area contributed by atoms with Crippen molar-refractivity contribution in [2.45, 2.75) is 0 Å². The van der Waals surface area contributed by atoms with Gasteiger partial charge in [-0.25, -0.2) is 4.98 Å². The molecule has 0 aliphatic carbocycles. The Morgan fingerprint density at radius 2 is 2.31 bits per heavy atom. The van der Waals surface area contributed by atoms with Gasteiger partial charge in [0.25, 0.3) is 0 Å². The first-order valence-corrected chi connectivity index (χ1v) is 5.59. The summed E-state index contributed by atoms with van der Waals surface area (Å²) in [5.41, 5.74) is 3.77. The lowest BCUT2D eigenvalue weighted by Crippen LogP contribution is -1.93. The fourth-order valence-electron chi connectivity index (χ4n) is 1.21. The van der Waals surface area contributed by atoms with Crippen LogP contribution in [0.2, 0.25) is 0 Å². The summed E-state index contributed by atoms with van der Waals surface area (Å²) in [5.74, 6) is 0.798. The normalized spacial score (nSPS) is 10.6. The van der Waals surface area contributed by atoms with Gasteiger partial charge >= 0.3 is 0 Å². The molecule has 0 amide bonds. The van der Waals surface area contributed by atoms with Gasteiger partial charge < -0.3 is 4.74 Å². The number of rotatable bonds is 4. The number of hydrogen-bond acceptors (Lipinski definition) is 5. The van der Waals surface area contributed by atoms with Crippen molar-refractivity contribution in [2.75, 3.05) is 12.5 Å². The third-order valence-corrected chi connectivity index (χ3v) is 2.61. The van der Waals surface area contributed by atoms with Crippen molar-refractivity contribution in [3.63, 3.8) is 0 Å². The Bertz CT molecular complexity index is 468. The van der Waals surface area contributed by atoms with Crippen LogP contribution in [0.25, 0.3) is 0 Å². The average molecular weight is 233 g/mol. The second-order valence-electron chi connectivity index (χ2n) is 2.95. The van der Waals surface area contributed by atoms with E-state index in [4.69, 9.17) is 4.74 Å². The lowest BCUT2D eigenvalue weighted by atomic mass is 10.2. The molecule has 0 saturated carbocycles. The van der Waals surface area contributed by atoms with Crippen molar-refractivity contribution in [1.82, 2.24) is 4.98 Å². The van der Waals surface area contributed by atoms with Gasteiger partial charge in [-0.1, -0.05) is 12.1 Å². The van der Waals surface area contributed by atoms with E-state index in [1.807, 2.05) is 29.6 Å². The smallest absolute Gasteiger partial charge is 0.203 e. The number of methoxy groups -OCH3 is 1. The largest absolute Gasteiger partial charge is 0.496 e. The van der Waals surface area contributed by atoms with Crippen LogP contribution in [0.3, 0.4) is 0 Å². The van der Waals surface area contributed by atoms with Gasteiger partial charge in [-0.05, 0) is 12.1 Å². The highest BCUT2D eigenvalue weighted by atomic mass is 32.1. The summed E-state index contributed by atoms with van der Waals surface area (Å²) < 4.78 is 5.20. The van der Waals surface area contributed by atoms with E-state index in [1.54, 1.807) is 19.5 Å². The topological polar surface area (TPSA) is 46.5 Å². The number of aromatic nitrogens is 1. The predicted molar refractivity (Wildman–Crippen MR) is 66.3 cm³/mol. The maximum Gasteiger partial charge on any atom is 0.203 e. The van der Waals surface area contributed by atoms with Gasteiger partial charge in [0.05, 0.1) is 13.3 Å². The van der Waals surface area contributed by atoms with Gasteiger partial charge in [0, 0.05) is 17.1 Å². The zero-order valence-corrected chi connectivity index (χ0v) is 9.57. The molecule has 0 fully saturated rings. The third-order valence-electron chi connectivity index (χ3n) is 1.94. The molecule has 1 aromatic heterocycles. The molecule has 0 saturated heterocycles. The van der Waals surface area contributed by atoms with E-state index in [0.717, 1.165) is 16.4 Å². The van der Waals surface area contributed by atoms with E-state index in [0.29, 0.717) is 0 Å². The molecule has 2 aromatic rings. The summed E-state index contributed by atoms with van der Waals surface area (Å²) in [7, 11) is 1.64. The van der Waals surface area contributed by atoms with E-state index < -0.39 is 0 Å². The summed E-state index contributed by atoms with van der Waals surface area (Å²) in [6.45, 7) is 0. The number of thiazole rings is 1. The monoisotopic (exact) mass is 233 g/mol. The van der Waals surface area contributed by atoms with Crippen molar-refractivity contribution < 1.29 is 4.74 Å². The zero-order chi connectivity index (χ0) is 11.2. The number of hydrazone groups is 1. The Hall–Kier alpha value is -1.88. The number of nitrogens with zero attached hydrogens (tertiary/aromatic N) is 2. The Morgan fingerprint density at radius 3 is 3.06 bits per heavy atom. The van der Waals surface area contributed by atoms with Crippen LogP contribution >= 0.6 is 11.3 Å². The molecule has 5 heteroatoms. The molecule has 16 heavy (non-hydrogen) atoms. The number of benzene rings is 1. The minimum Gasteiger partial charge on any atom is -0.496 e. The van der Waals surface area contributed by atoms with Crippen LogP contribution in [-0.2, 0) is 0 Å². The molecule has 1 aromatic carbocycles. The van der Waals surface area contributed by atoms with Crippen LogP contribution in [-0.4, -0.2) is 18.3 Å². The van der Waals surface area contributed by atoms with Crippen LogP contribution in [0.1, 0.15) is 5.56 Å². The van der Waals surface area contributed by atoms with Crippen molar-refractivity contribution in [3.8, 4) is 5.75 Å². The van der Waals surface area contributed by atoms with Crippen molar-refractivity contribution in [2.24, 2.45) is 5.10 Å². The molecule has 1 heterocycles. The number of para-hydroxylation sites is 1. The van der Waals surface area contributed by atoms with Crippen molar-refractivity contribution in [1.29, 1.82) is 0 Å². The molecule has 4 nitrogen and oxygen atoms in total. The fourth-order valence-corrected chi connectivity index (χ4v) is 1.69. The molecule has 0 atom stereocenters. The molecule has 82 valence electrons. The molecule has 0 aliphatic rings. The minimum atomic E-state index is 0.770. The van der Waals surface area contributed by atoms with Crippen LogP contribution < -0.4 is 10.2 Å². The standard InChI is InChI=1S/C11H11N3OS/c1-15-10-5-3-2-4-9(10)8-13-14-11-12-6-7-16-11/h2-8H,1H3,(H,12,14). The highest BCUT2D eigenvalue weighted by Crippen LogP contribution is 2.15. The van der Waals surface area contributed by atoms with E-state index in [2.05, 4.69) is 15.5 Å². The molecular formula is C11H11N3OS. The first-order valence-electron chi connectivity index (χ1n) is 4.72. The molecule has 1 N–H and O–H groups in total. The van der Waals surface area contributed by atoms with Gasteiger partial charge in [0.1, 0.15) is 5.75 Å². The summed E-state index contributed by atoms with van der Waals surface area (Å²) in [5, 5.41) is 6.75. The molecule has 0 unspecified atom stereocenters. The Morgan fingerprint density at radius 1 is 1.44 bits per heavy atom. The molecule has 0 spiro atoms. The lowest BCUT2D eigenvalue weighted by Gasteiger charge is -2.02. The quantitative estimate of drug-likeness (QED) is 0.652. The SMILES string of the molecule is COc1ccccc1C=NNc1nccs1. The van der Waals surface area contributed by atoms with Crippen LogP contribution in [0.15, 0.2) is 40.9 Å². The van der Waals surface area contributed by atoms with Crippen molar-refractivity contribution in [3.05, 3.63) is 41.4 Å². The summed E-state index contributed by atoms with van der Waals surface area (Å²) in [6, 6.07) is 7.69. The van der Waals surface area contributed by atoms with Gasteiger partial charge in [0.15, 0.2) is 0 Å². The van der Waals surface area contributed by atoms with E-state index in [1.165, 1.54) is 11.3 Å². The summed E-state index contributed by atoms with van der Waals surface area (Å²) in [4.78, 5) is 4.05. The maximum absolute atomic E-state index is 5.20. The Labute approximate surface area is 97.6 Å². The first kappa shape index (κ1) is 10.6. The zero-order valence-electron chi connectivity index (χ0n) is 8.75. The second-order valence-corrected chi connectivity index (χ2v) is 3.84. The number of anilines is 1. The van der Waals surface area contributed by atoms with E-state index in [-0.39, 0.29) is 0 Å². The highest BCUT2D eigenvalue weighted by molar-refractivity contribution is 7.13. The Kier molecular flexibility index (Phi) is 3.50. The van der Waals surface area contributed by atoms with Crippen LogP contribution in [0, 0.1) is 0 Å². The summed E-state index contributed by atoms with van der Waals surface area (Å²) >= 11 is 1.50. The van der Waals surface area contributed by atoms with Gasteiger partial charge in [-0.15, -0.1) is 11.3 Å². The maximum atomic E-state index is 5.20. The molecule has 0 bridgehead atoms. The molecule has 0 radical (unpaired) electrons. The second kappa shape index (κ2) is 5.27. The third kappa shape index (κ3) is 2.58. The summed E-state index contributed by atoms with van der Waals surface area (Å²) in [6.07, 6.45) is 3.44. The predicted octanol–water partition coefficient (Wildman–Crippen LogP) is 2.60. The Balaban J connectivity index is 2.05. The minimum absolute atomic E-state index is 0.770. The van der Waals surface area contributed by atoms with E-state index in [9.17, 15) is 0 Å². The number of ether oxygens (including phenoxy) is 1. The molecular weight excluding hydrogens is 222 g/mol.